The van der Waals surface area contributed by atoms with Gasteiger partial charge in [-0.15, -0.1) is 10.2 Å². The Labute approximate surface area is 140 Å². The number of nitrogens with zero attached hydrogens (tertiary/aromatic N) is 4. The molecule has 7 heteroatoms. The van der Waals surface area contributed by atoms with Crippen molar-refractivity contribution in [2.45, 2.75) is 0 Å². The molecule has 0 unspecified atom stereocenters. The molecule has 0 amide bonds. The van der Waals surface area contributed by atoms with E-state index in [-0.39, 0.29) is 0 Å². The third-order valence-electron chi connectivity index (χ3n) is 3.16. The van der Waals surface area contributed by atoms with E-state index >= 15 is 0 Å². The van der Waals surface area contributed by atoms with Gasteiger partial charge in [0.05, 0.1) is 0 Å². The summed E-state index contributed by atoms with van der Waals surface area (Å²) in [7, 11) is 0. The third-order valence-corrected chi connectivity index (χ3v) is 4.60. The van der Waals surface area contributed by atoms with Crippen LogP contribution in [0.1, 0.15) is 0 Å². The van der Waals surface area contributed by atoms with Crippen LogP contribution < -0.4 is 0 Å². The molecule has 0 radical (unpaired) electrons. The number of halogens is 2. The first-order valence-electron chi connectivity index (χ1n) is 6.45. The Morgan fingerprint density at radius 2 is 1.68 bits per heavy atom. The first kappa shape index (κ1) is 13.7. The SMILES string of the molecule is Clc1ccc(-c2nnc3sc(-c4cccc(Cl)c4)nn23)cc1. The fraction of sp³-hybridized carbons (Fsp3) is 0. The molecule has 0 aliphatic rings. The van der Waals surface area contributed by atoms with Gasteiger partial charge in [-0.25, -0.2) is 0 Å². The van der Waals surface area contributed by atoms with Gasteiger partial charge in [0.2, 0.25) is 4.96 Å². The summed E-state index contributed by atoms with van der Waals surface area (Å²) >= 11 is 13.4. The van der Waals surface area contributed by atoms with E-state index in [1.807, 2.05) is 48.5 Å². The zero-order chi connectivity index (χ0) is 15.1. The van der Waals surface area contributed by atoms with Crippen LogP contribution in [0.25, 0.3) is 26.9 Å². The highest BCUT2D eigenvalue weighted by molar-refractivity contribution is 7.19. The van der Waals surface area contributed by atoms with Gasteiger partial charge in [-0.05, 0) is 36.4 Å². The summed E-state index contributed by atoms with van der Waals surface area (Å²) in [6.45, 7) is 0. The Balaban J connectivity index is 1.84. The first-order chi connectivity index (χ1) is 10.7. The number of benzene rings is 2. The van der Waals surface area contributed by atoms with Crippen molar-refractivity contribution >= 4 is 39.5 Å². The number of hydrogen-bond donors (Lipinski definition) is 0. The van der Waals surface area contributed by atoms with Crippen molar-refractivity contribution in [3.8, 4) is 22.0 Å². The molecule has 0 bridgehead atoms. The van der Waals surface area contributed by atoms with Crippen molar-refractivity contribution < 1.29 is 0 Å². The Bertz CT molecular complexity index is 959. The molecule has 2 heterocycles. The number of hydrogen-bond acceptors (Lipinski definition) is 4. The Morgan fingerprint density at radius 1 is 0.864 bits per heavy atom. The monoisotopic (exact) mass is 346 g/mol. The van der Waals surface area contributed by atoms with E-state index in [1.165, 1.54) is 11.3 Å². The molecule has 0 saturated heterocycles. The maximum absolute atomic E-state index is 6.04. The summed E-state index contributed by atoms with van der Waals surface area (Å²) in [6, 6.07) is 15.0. The second-order valence-electron chi connectivity index (χ2n) is 4.64. The van der Waals surface area contributed by atoms with Gasteiger partial charge in [-0.1, -0.05) is 46.7 Å². The quantitative estimate of drug-likeness (QED) is 0.522. The van der Waals surface area contributed by atoms with Crippen LogP contribution in [0.15, 0.2) is 48.5 Å². The highest BCUT2D eigenvalue weighted by Gasteiger charge is 2.14. The molecular weight excluding hydrogens is 339 g/mol. The van der Waals surface area contributed by atoms with E-state index in [2.05, 4.69) is 15.3 Å². The molecule has 2 aromatic carbocycles. The molecule has 0 fully saturated rings. The maximum Gasteiger partial charge on any atom is 0.235 e. The molecule has 0 saturated carbocycles. The van der Waals surface area contributed by atoms with Crippen LogP contribution in [0.4, 0.5) is 0 Å². The largest absolute Gasteiger partial charge is 0.235 e. The smallest absolute Gasteiger partial charge is 0.182 e. The Morgan fingerprint density at radius 3 is 2.45 bits per heavy atom. The predicted molar refractivity (Wildman–Crippen MR) is 89.6 cm³/mol. The summed E-state index contributed by atoms with van der Waals surface area (Å²) in [5, 5.41) is 15.2. The molecule has 4 rings (SSSR count). The van der Waals surface area contributed by atoms with Gasteiger partial charge in [0.1, 0.15) is 5.01 Å². The second-order valence-corrected chi connectivity index (χ2v) is 6.47. The average Bonchev–Trinajstić information content (AvgIpc) is 3.08. The summed E-state index contributed by atoms with van der Waals surface area (Å²) in [5.41, 5.74) is 1.88. The van der Waals surface area contributed by atoms with Gasteiger partial charge < -0.3 is 0 Å². The van der Waals surface area contributed by atoms with Gasteiger partial charge >= 0.3 is 0 Å². The van der Waals surface area contributed by atoms with E-state index in [0.29, 0.717) is 15.9 Å². The van der Waals surface area contributed by atoms with Crippen LogP contribution in [0.5, 0.6) is 0 Å². The van der Waals surface area contributed by atoms with Gasteiger partial charge in [-0.2, -0.15) is 9.61 Å². The van der Waals surface area contributed by atoms with Crippen molar-refractivity contribution in [1.29, 1.82) is 0 Å². The lowest BCUT2D eigenvalue weighted by molar-refractivity contribution is 0.971. The zero-order valence-corrected chi connectivity index (χ0v) is 13.4. The summed E-state index contributed by atoms with van der Waals surface area (Å²) in [6.07, 6.45) is 0. The van der Waals surface area contributed by atoms with Crippen molar-refractivity contribution in [2.24, 2.45) is 0 Å². The lowest BCUT2D eigenvalue weighted by Crippen LogP contribution is -1.90. The first-order valence-corrected chi connectivity index (χ1v) is 8.02. The van der Waals surface area contributed by atoms with Gasteiger partial charge in [-0.3, -0.25) is 0 Å². The molecule has 108 valence electrons. The van der Waals surface area contributed by atoms with Gasteiger partial charge in [0.25, 0.3) is 0 Å². The molecule has 0 atom stereocenters. The van der Waals surface area contributed by atoms with Crippen LogP contribution in [0.3, 0.4) is 0 Å². The van der Waals surface area contributed by atoms with Crippen LogP contribution in [0.2, 0.25) is 10.0 Å². The molecule has 0 N–H and O–H groups in total. The van der Waals surface area contributed by atoms with Crippen LogP contribution in [-0.2, 0) is 0 Å². The number of rotatable bonds is 2. The minimum atomic E-state index is 0.682. The topological polar surface area (TPSA) is 43.1 Å². The molecule has 0 aliphatic heterocycles. The van der Waals surface area contributed by atoms with Gasteiger partial charge in [0.15, 0.2) is 5.82 Å². The Kier molecular flexibility index (Phi) is 3.33. The van der Waals surface area contributed by atoms with Crippen LogP contribution in [-0.4, -0.2) is 19.8 Å². The van der Waals surface area contributed by atoms with E-state index in [0.717, 1.165) is 21.1 Å². The van der Waals surface area contributed by atoms with E-state index in [4.69, 9.17) is 23.2 Å². The summed E-state index contributed by atoms with van der Waals surface area (Å²) in [4.78, 5) is 0.736. The second kappa shape index (κ2) is 5.35. The zero-order valence-electron chi connectivity index (χ0n) is 11.1. The average molecular weight is 347 g/mol. The van der Waals surface area contributed by atoms with Crippen LogP contribution in [0, 0.1) is 0 Å². The number of aromatic nitrogens is 4. The third kappa shape index (κ3) is 2.37. The summed E-state index contributed by atoms with van der Waals surface area (Å²) in [5.74, 6) is 0.691. The minimum Gasteiger partial charge on any atom is -0.182 e. The molecule has 0 spiro atoms. The highest BCUT2D eigenvalue weighted by atomic mass is 35.5. The standard InChI is InChI=1S/C15H8Cl2N4S/c16-11-6-4-9(5-7-11)13-18-19-15-21(13)20-14(22-15)10-2-1-3-12(17)8-10/h1-8H. The lowest BCUT2D eigenvalue weighted by Gasteiger charge is -1.98. The predicted octanol–water partition coefficient (Wildman–Crippen LogP) is 4.83. The molecular formula is C15H8Cl2N4S. The van der Waals surface area contributed by atoms with Crippen LogP contribution >= 0.6 is 34.5 Å². The van der Waals surface area contributed by atoms with E-state index in [1.54, 1.807) is 4.52 Å². The highest BCUT2D eigenvalue weighted by Crippen LogP contribution is 2.29. The van der Waals surface area contributed by atoms with Gasteiger partial charge in [0, 0.05) is 21.2 Å². The fourth-order valence-electron chi connectivity index (χ4n) is 2.13. The number of fused-ring (bicyclic) bond motifs is 1. The Hall–Kier alpha value is -1.95. The van der Waals surface area contributed by atoms with Crippen molar-refractivity contribution in [1.82, 2.24) is 19.8 Å². The molecule has 0 aliphatic carbocycles. The van der Waals surface area contributed by atoms with E-state index in [9.17, 15) is 0 Å². The normalized spacial score (nSPS) is 11.2. The fourth-order valence-corrected chi connectivity index (χ4v) is 3.29. The maximum atomic E-state index is 6.04. The van der Waals surface area contributed by atoms with Crippen molar-refractivity contribution in [2.75, 3.05) is 0 Å². The summed E-state index contributed by atoms with van der Waals surface area (Å²) < 4.78 is 1.74. The minimum absolute atomic E-state index is 0.682. The lowest BCUT2D eigenvalue weighted by atomic mass is 10.2. The van der Waals surface area contributed by atoms with E-state index < -0.39 is 0 Å². The van der Waals surface area contributed by atoms with Crippen molar-refractivity contribution in [3.63, 3.8) is 0 Å². The molecule has 4 aromatic rings. The molecule has 4 nitrogen and oxygen atoms in total. The van der Waals surface area contributed by atoms with Crippen molar-refractivity contribution in [3.05, 3.63) is 58.6 Å². The molecule has 22 heavy (non-hydrogen) atoms. The molecule has 2 aromatic heterocycles.